The molecule has 1 aromatic heterocycles. The highest BCUT2D eigenvalue weighted by Crippen LogP contribution is 2.20. The Hall–Kier alpha value is -3.15. The third-order valence-corrected chi connectivity index (χ3v) is 3.01. The molecule has 1 amide bonds. The van der Waals surface area contributed by atoms with Crippen molar-refractivity contribution < 1.29 is 9.53 Å². The number of benzene rings is 1. The number of nitrogens with zero attached hydrogens (tertiary/aromatic N) is 2. The van der Waals surface area contributed by atoms with Gasteiger partial charge in [-0.25, -0.2) is 9.97 Å². The number of aromatic nitrogens is 2. The zero-order valence-electron chi connectivity index (χ0n) is 13.0. The zero-order chi connectivity index (χ0) is 16.7. The van der Waals surface area contributed by atoms with Crippen molar-refractivity contribution in [1.29, 1.82) is 0 Å². The van der Waals surface area contributed by atoms with E-state index in [0.29, 0.717) is 23.0 Å². The van der Waals surface area contributed by atoms with E-state index in [2.05, 4.69) is 15.3 Å². The molecule has 0 bridgehead atoms. The Morgan fingerprint density at radius 1 is 1.26 bits per heavy atom. The van der Waals surface area contributed by atoms with Crippen LogP contribution in [0.5, 0.6) is 11.6 Å². The maximum absolute atomic E-state index is 11.2. The van der Waals surface area contributed by atoms with Crippen LogP contribution in [0.1, 0.15) is 19.5 Å². The first-order valence-corrected chi connectivity index (χ1v) is 7.05. The van der Waals surface area contributed by atoms with E-state index in [4.69, 9.17) is 10.5 Å². The topological polar surface area (TPSA) is 90.1 Å². The van der Waals surface area contributed by atoms with Crippen molar-refractivity contribution in [3.8, 4) is 11.6 Å². The van der Waals surface area contributed by atoms with Crippen LogP contribution in [0.15, 0.2) is 60.7 Å². The van der Waals surface area contributed by atoms with Crippen LogP contribution in [0, 0.1) is 0 Å². The fraction of sp³-hybridized carbons (Fsp3) is 0.118. The van der Waals surface area contributed by atoms with Crippen LogP contribution in [-0.4, -0.2) is 15.9 Å². The number of hydrogen-bond acceptors (Lipinski definition) is 5. The molecule has 0 aliphatic carbocycles. The van der Waals surface area contributed by atoms with Gasteiger partial charge in [-0.3, -0.25) is 4.79 Å². The van der Waals surface area contributed by atoms with Crippen LogP contribution in [-0.2, 0) is 4.79 Å². The van der Waals surface area contributed by atoms with Crippen molar-refractivity contribution in [2.75, 3.05) is 0 Å². The van der Waals surface area contributed by atoms with E-state index in [1.807, 2.05) is 37.3 Å². The average molecular weight is 310 g/mol. The number of ether oxygens (including phenoxy) is 1. The van der Waals surface area contributed by atoms with Gasteiger partial charge in [0.1, 0.15) is 12.1 Å². The first kappa shape index (κ1) is 16.2. The minimum absolute atomic E-state index is 0.319. The summed E-state index contributed by atoms with van der Waals surface area (Å²) in [7, 11) is 0. The van der Waals surface area contributed by atoms with E-state index in [1.54, 1.807) is 25.3 Å². The van der Waals surface area contributed by atoms with Gasteiger partial charge in [0, 0.05) is 12.3 Å². The number of para-hydroxylation sites is 1. The SMILES string of the molecule is C/C=C(\N/C=C(\C)c1cc(Oc2ccccc2)ncn1)C(N)=O. The summed E-state index contributed by atoms with van der Waals surface area (Å²) in [6.07, 6.45) is 4.69. The lowest BCUT2D eigenvalue weighted by atomic mass is 10.2. The molecule has 2 aromatic rings. The summed E-state index contributed by atoms with van der Waals surface area (Å²) >= 11 is 0. The molecule has 0 saturated heterocycles. The lowest BCUT2D eigenvalue weighted by Gasteiger charge is -2.07. The summed E-state index contributed by atoms with van der Waals surface area (Å²) < 4.78 is 5.67. The predicted molar refractivity (Wildman–Crippen MR) is 88.3 cm³/mol. The number of carbonyl (C=O) groups is 1. The first-order chi connectivity index (χ1) is 11.1. The Morgan fingerprint density at radius 3 is 2.65 bits per heavy atom. The maximum Gasteiger partial charge on any atom is 0.264 e. The van der Waals surface area contributed by atoms with Gasteiger partial charge in [-0.1, -0.05) is 24.3 Å². The van der Waals surface area contributed by atoms with E-state index in [-0.39, 0.29) is 0 Å². The molecule has 1 heterocycles. The normalized spacial score (nSPS) is 11.9. The lowest BCUT2D eigenvalue weighted by Crippen LogP contribution is -2.22. The Bertz CT molecular complexity index is 739. The largest absolute Gasteiger partial charge is 0.439 e. The van der Waals surface area contributed by atoms with Crippen LogP contribution >= 0.6 is 0 Å². The number of primary amides is 1. The van der Waals surface area contributed by atoms with Crippen molar-refractivity contribution in [3.05, 3.63) is 66.4 Å². The van der Waals surface area contributed by atoms with Crippen molar-refractivity contribution >= 4 is 11.5 Å². The third-order valence-electron chi connectivity index (χ3n) is 3.01. The van der Waals surface area contributed by atoms with Crippen molar-refractivity contribution in [1.82, 2.24) is 15.3 Å². The summed E-state index contributed by atoms with van der Waals surface area (Å²) in [6, 6.07) is 11.1. The van der Waals surface area contributed by atoms with Crippen LogP contribution in [0.2, 0.25) is 0 Å². The molecule has 0 fully saturated rings. The molecule has 0 aliphatic heterocycles. The molecule has 0 unspecified atom stereocenters. The van der Waals surface area contributed by atoms with Crippen molar-refractivity contribution in [2.24, 2.45) is 5.73 Å². The van der Waals surface area contributed by atoms with E-state index in [0.717, 1.165) is 5.57 Å². The second kappa shape index (κ2) is 7.74. The quantitative estimate of drug-likeness (QED) is 0.800. The minimum atomic E-state index is -0.521. The molecule has 23 heavy (non-hydrogen) atoms. The fourth-order valence-corrected chi connectivity index (χ4v) is 1.78. The predicted octanol–water partition coefficient (Wildman–Crippen LogP) is 2.61. The molecule has 0 saturated carbocycles. The molecular weight excluding hydrogens is 292 g/mol. The van der Waals surface area contributed by atoms with Gasteiger partial charge in [0.25, 0.3) is 5.91 Å². The van der Waals surface area contributed by atoms with Gasteiger partial charge in [0.2, 0.25) is 5.88 Å². The molecule has 6 heteroatoms. The van der Waals surface area contributed by atoms with Crippen LogP contribution in [0.4, 0.5) is 0 Å². The highest BCUT2D eigenvalue weighted by atomic mass is 16.5. The standard InChI is InChI=1S/C17H18N4O2/c1-3-14(17(18)22)19-10-12(2)15-9-16(21-11-20-15)23-13-7-5-4-6-8-13/h3-11,19H,1-2H3,(H2,18,22)/b12-10+,14-3-. The molecule has 3 N–H and O–H groups in total. The summed E-state index contributed by atoms with van der Waals surface area (Å²) in [5.41, 5.74) is 7.05. The van der Waals surface area contributed by atoms with E-state index >= 15 is 0 Å². The van der Waals surface area contributed by atoms with Crippen LogP contribution in [0.3, 0.4) is 0 Å². The molecule has 0 aliphatic rings. The smallest absolute Gasteiger partial charge is 0.264 e. The van der Waals surface area contributed by atoms with Crippen molar-refractivity contribution in [3.63, 3.8) is 0 Å². The summed E-state index contributed by atoms with van der Waals surface area (Å²) in [4.78, 5) is 19.4. The molecular formula is C17H18N4O2. The number of allylic oxidation sites excluding steroid dienone is 2. The minimum Gasteiger partial charge on any atom is -0.439 e. The Labute approximate surface area is 134 Å². The number of nitrogens with one attached hydrogen (secondary N) is 1. The number of hydrogen-bond donors (Lipinski definition) is 2. The maximum atomic E-state index is 11.2. The molecule has 0 radical (unpaired) electrons. The number of carbonyl (C=O) groups excluding carboxylic acids is 1. The number of rotatable bonds is 6. The highest BCUT2D eigenvalue weighted by Gasteiger charge is 2.05. The summed E-state index contributed by atoms with van der Waals surface area (Å²) in [5.74, 6) is 0.615. The first-order valence-electron chi connectivity index (χ1n) is 7.05. The zero-order valence-corrected chi connectivity index (χ0v) is 13.0. The Balaban J connectivity index is 2.14. The monoisotopic (exact) mass is 310 g/mol. The number of amides is 1. The van der Waals surface area contributed by atoms with Gasteiger partial charge < -0.3 is 15.8 Å². The molecule has 0 spiro atoms. The van der Waals surface area contributed by atoms with Gasteiger partial charge in [-0.15, -0.1) is 0 Å². The molecule has 1 aromatic carbocycles. The molecule has 6 nitrogen and oxygen atoms in total. The van der Waals surface area contributed by atoms with E-state index < -0.39 is 5.91 Å². The fourth-order valence-electron chi connectivity index (χ4n) is 1.78. The second-order valence-electron chi connectivity index (χ2n) is 4.69. The average Bonchev–Trinajstić information content (AvgIpc) is 2.56. The summed E-state index contributed by atoms with van der Waals surface area (Å²) in [6.45, 7) is 3.59. The van der Waals surface area contributed by atoms with Gasteiger partial charge in [0.05, 0.1) is 11.4 Å². The molecule has 0 atom stereocenters. The Morgan fingerprint density at radius 2 is 2.00 bits per heavy atom. The van der Waals surface area contributed by atoms with Gasteiger partial charge in [0.15, 0.2) is 0 Å². The lowest BCUT2D eigenvalue weighted by molar-refractivity contribution is -0.114. The van der Waals surface area contributed by atoms with E-state index in [1.165, 1.54) is 6.33 Å². The van der Waals surface area contributed by atoms with E-state index in [9.17, 15) is 4.79 Å². The number of nitrogens with two attached hydrogens (primary N) is 1. The summed E-state index contributed by atoms with van der Waals surface area (Å²) in [5, 5.41) is 2.86. The van der Waals surface area contributed by atoms with Crippen LogP contribution < -0.4 is 15.8 Å². The van der Waals surface area contributed by atoms with Gasteiger partial charge in [-0.05, 0) is 31.6 Å². The Kier molecular flexibility index (Phi) is 5.46. The second-order valence-corrected chi connectivity index (χ2v) is 4.69. The van der Waals surface area contributed by atoms with Gasteiger partial charge in [-0.2, -0.15) is 0 Å². The third kappa shape index (κ3) is 4.67. The van der Waals surface area contributed by atoms with Crippen molar-refractivity contribution in [2.45, 2.75) is 13.8 Å². The van der Waals surface area contributed by atoms with Gasteiger partial charge >= 0.3 is 0 Å². The van der Waals surface area contributed by atoms with Crippen LogP contribution in [0.25, 0.3) is 5.57 Å². The molecule has 2 rings (SSSR count). The highest BCUT2D eigenvalue weighted by molar-refractivity contribution is 5.91. The molecule has 118 valence electrons.